The van der Waals surface area contributed by atoms with Crippen LogP contribution in [0.2, 0.25) is 0 Å². The first-order chi connectivity index (χ1) is 15.8. The molecule has 0 aliphatic heterocycles. The molecule has 0 aliphatic carbocycles. The van der Waals surface area contributed by atoms with E-state index in [1.807, 2.05) is 6.92 Å². The maximum Gasteiger partial charge on any atom is 0.261 e. The Morgan fingerprint density at radius 1 is 0.882 bits per heavy atom. The van der Waals surface area contributed by atoms with Gasteiger partial charge in [-0.05, 0) is 79.2 Å². The van der Waals surface area contributed by atoms with E-state index in [-0.39, 0.29) is 4.90 Å². The second-order valence-electron chi connectivity index (χ2n) is 7.39. The van der Waals surface area contributed by atoms with E-state index in [4.69, 9.17) is 0 Å². The summed E-state index contributed by atoms with van der Waals surface area (Å²) < 4.78 is 54.9. The molecule has 0 unspecified atom stereocenters. The third-order valence-corrected chi connectivity index (χ3v) is 8.62. The van der Waals surface area contributed by atoms with Gasteiger partial charge in [0.05, 0.1) is 16.8 Å². The first-order valence-corrected chi connectivity index (χ1v) is 14.7. The predicted octanol–water partition coefficient (Wildman–Crippen LogP) is 4.73. The summed E-state index contributed by atoms with van der Waals surface area (Å²) in [6, 6.07) is 17.2. The monoisotopic (exact) mass is 629 g/mol. The number of nitrogens with one attached hydrogen (secondary N) is 2. The number of carbonyl (C=O) groups excluding carboxylic acids is 1. The Hall–Kier alpha value is -2.41. The molecule has 0 bridgehead atoms. The fourth-order valence-electron chi connectivity index (χ4n) is 2.96. The van der Waals surface area contributed by atoms with E-state index in [2.05, 4.69) is 41.9 Å². The lowest BCUT2D eigenvalue weighted by molar-refractivity contribution is -0.114. The van der Waals surface area contributed by atoms with Crippen LogP contribution in [0.1, 0.15) is 5.56 Å². The Morgan fingerprint density at radius 2 is 1.47 bits per heavy atom. The average Bonchev–Trinajstić information content (AvgIpc) is 2.75. The van der Waals surface area contributed by atoms with Gasteiger partial charge in [0.2, 0.25) is 15.9 Å². The van der Waals surface area contributed by atoms with Crippen molar-refractivity contribution in [2.75, 3.05) is 27.1 Å². The first-order valence-electron chi connectivity index (χ1n) is 9.77. The highest BCUT2D eigenvalue weighted by Gasteiger charge is 2.22. The summed E-state index contributed by atoms with van der Waals surface area (Å²) in [6.45, 7) is 1.38. The summed E-state index contributed by atoms with van der Waals surface area (Å²) >= 11 is 6.66. The highest BCUT2D eigenvalue weighted by Crippen LogP contribution is 2.25. The van der Waals surface area contributed by atoms with Crippen molar-refractivity contribution in [3.05, 3.63) is 81.2 Å². The van der Waals surface area contributed by atoms with E-state index in [1.54, 1.807) is 42.5 Å². The van der Waals surface area contributed by atoms with Crippen molar-refractivity contribution < 1.29 is 21.6 Å². The second kappa shape index (κ2) is 10.5. The number of anilines is 3. The van der Waals surface area contributed by atoms with Crippen molar-refractivity contribution >= 4 is 74.9 Å². The number of hydrogen-bond acceptors (Lipinski definition) is 5. The Labute approximate surface area is 215 Å². The maximum absolute atomic E-state index is 12.6. The molecule has 0 atom stereocenters. The molecule has 3 aromatic carbocycles. The molecule has 8 nitrogen and oxygen atoms in total. The molecular formula is C22H21Br2N3O5S2. The zero-order valence-electron chi connectivity index (χ0n) is 18.1. The Kier molecular flexibility index (Phi) is 8.06. The van der Waals surface area contributed by atoms with Crippen LogP contribution >= 0.6 is 31.9 Å². The second-order valence-corrected chi connectivity index (χ2v) is 12.7. The fraction of sp³-hybridized carbons (Fsp3) is 0.136. The molecule has 1 amide bonds. The van der Waals surface area contributed by atoms with Gasteiger partial charge in [-0.1, -0.05) is 31.9 Å². The first kappa shape index (κ1) is 26.2. The van der Waals surface area contributed by atoms with Crippen LogP contribution in [0.4, 0.5) is 17.1 Å². The van der Waals surface area contributed by atoms with Crippen molar-refractivity contribution in [2.24, 2.45) is 0 Å². The van der Waals surface area contributed by atoms with Gasteiger partial charge in [-0.25, -0.2) is 16.8 Å². The molecule has 0 heterocycles. The molecule has 34 heavy (non-hydrogen) atoms. The van der Waals surface area contributed by atoms with Crippen molar-refractivity contribution in [3.63, 3.8) is 0 Å². The molecular weight excluding hydrogens is 610 g/mol. The molecule has 180 valence electrons. The summed E-state index contributed by atoms with van der Waals surface area (Å²) in [5.74, 6) is -0.574. The van der Waals surface area contributed by atoms with E-state index in [9.17, 15) is 21.6 Å². The Bertz CT molecular complexity index is 1410. The predicted molar refractivity (Wildman–Crippen MR) is 141 cm³/mol. The van der Waals surface area contributed by atoms with Gasteiger partial charge in [0.15, 0.2) is 0 Å². The molecule has 0 radical (unpaired) electrons. The molecule has 2 N–H and O–H groups in total. The van der Waals surface area contributed by atoms with Gasteiger partial charge in [0.1, 0.15) is 6.54 Å². The summed E-state index contributed by atoms with van der Waals surface area (Å²) in [4.78, 5) is 12.6. The average molecular weight is 631 g/mol. The zero-order chi connectivity index (χ0) is 25.1. The molecule has 0 saturated heterocycles. The minimum Gasteiger partial charge on any atom is -0.325 e. The third-order valence-electron chi connectivity index (χ3n) is 4.66. The van der Waals surface area contributed by atoms with Crippen LogP contribution in [-0.4, -0.2) is 35.5 Å². The summed E-state index contributed by atoms with van der Waals surface area (Å²) in [5.41, 5.74) is 1.91. The van der Waals surface area contributed by atoms with Crippen LogP contribution in [0, 0.1) is 6.92 Å². The number of rotatable bonds is 8. The number of aryl methyl sites for hydroxylation is 1. The van der Waals surface area contributed by atoms with Crippen molar-refractivity contribution in [2.45, 2.75) is 11.8 Å². The van der Waals surface area contributed by atoms with Gasteiger partial charge in [-0.15, -0.1) is 0 Å². The maximum atomic E-state index is 12.6. The summed E-state index contributed by atoms with van der Waals surface area (Å²) in [7, 11) is -7.55. The lowest BCUT2D eigenvalue weighted by Gasteiger charge is -2.22. The zero-order valence-corrected chi connectivity index (χ0v) is 22.9. The molecule has 3 aromatic rings. The molecule has 0 spiro atoms. The number of halogens is 2. The lowest BCUT2D eigenvalue weighted by Crippen LogP contribution is -2.37. The summed E-state index contributed by atoms with van der Waals surface area (Å²) in [6.07, 6.45) is 1.02. The van der Waals surface area contributed by atoms with Crippen molar-refractivity contribution in [3.8, 4) is 0 Å². The van der Waals surface area contributed by atoms with Gasteiger partial charge in [-0.3, -0.25) is 13.8 Å². The van der Waals surface area contributed by atoms with E-state index in [1.165, 1.54) is 24.3 Å². The van der Waals surface area contributed by atoms with Crippen LogP contribution in [0.25, 0.3) is 0 Å². The number of amides is 1. The number of benzene rings is 3. The Morgan fingerprint density at radius 3 is 2.03 bits per heavy atom. The quantitative estimate of drug-likeness (QED) is 0.374. The molecule has 0 fully saturated rings. The van der Waals surface area contributed by atoms with Gasteiger partial charge < -0.3 is 5.32 Å². The lowest BCUT2D eigenvalue weighted by atomic mass is 10.2. The number of carbonyl (C=O) groups is 1. The van der Waals surface area contributed by atoms with E-state index < -0.39 is 32.5 Å². The molecule has 12 heteroatoms. The third kappa shape index (κ3) is 6.81. The van der Waals surface area contributed by atoms with E-state index >= 15 is 0 Å². The fourth-order valence-corrected chi connectivity index (χ4v) is 5.38. The molecule has 0 saturated carbocycles. The molecule has 0 aliphatic rings. The highest BCUT2D eigenvalue weighted by molar-refractivity contribution is 9.10. The van der Waals surface area contributed by atoms with Crippen LogP contribution < -0.4 is 14.3 Å². The SMILES string of the molecule is Cc1cc(N(CC(=O)Nc2ccc(S(=O)(=O)Nc3ccc(Br)cc3)cc2)S(C)(=O)=O)ccc1Br. The van der Waals surface area contributed by atoms with Gasteiger partial charge in [0, 0.05) is 20.3 Å². The van der Waals surface area contributed by atoms with Crippen molar-refractivity contribution in [1.82, 2.24) is 0 Å². The molecule has 3 rings (SSSR count). The highest BCUT2D eigenvalue weighted by atomic mass is 79.9. The molecule has 0 aromatic heterocycles. The van der Waals surface area contributed by atoms with Gasteiger partial charge in [0.25, 0.3) is 10.0 Å². The van der Waals surface area contributed by atoms with Gasteiger partial charge >= 0.3 is 0 Å². The van der Waals surface area contributed by atoms with Crippen molar-refractivity contribution in [1.29, 1.82) is 0 Å². The van der Waals surface area contributed by atoms with E-state index in [0.29, 0.717) is 17.1 Å². The number of sulfonamides is 2. The normalized spacial score (nSPS) is 11.6. The topological polar surface area (TPSA) is 113 Å². The standard InChI is InChI=1S/C22H21Br2N3O5S2/c1-15-13-19(9-12-21(15)24)27(33(2,29)30)14-22(28)25-17-7-10-20(11-8-17)34(31,32)26-18-5-3-16(23)4-6-18/h3-13,26H,14H2,1-2H3,(H,25,28). The van der Waals surface area contributed by atoms with Crippen LogP contribution in [0.3, 0.4) is 0 Å². The number of hydrogen-bond donors (Lipinski definition) is 2. The van der Waals surface area contributed by atoms with Crippen LogP contribution in [-0.2, 0) is 24.8 Å². The Balaban J connectivity index is 1.71. The van der Waals surface area contributed by atoms with Crippen LogP contribution in [0.15, 0.2) is 80.6 Å². The minimum atomic E-state index is -3.82. The van der Waals surface area contributed by atoms with Crippen LogP contribution in [0.5, 0.6) is 0 Å². The minimum absolute atomic E-state index is 0.0107. The van der Waals surface area contributed by atoms with Gasteiger partial charge in [-0.2, -0.15) is 0 Å². The van der Waals surface area contributed by atoms with E-state index in [0.717, 1.165) is 25.1 Å². The smallest absolute Gasteiger partial charge is 0.261 e. The number of nitrogens with zero attached hydrogens (tertiary/aromatic N) is 1. The largest absolute Gasteiger partial charge is 0.325 e. The summed E-state index contributed by atoms with van der Waals surface area (Å²) in [5, 5.41) is 2.60.